The van der Waals surface area contributed by atoms with Crippen LogP contribution < -0.4 is 14.8 Å². The number of methoxy groups -OCH3 is 1. The highest BCUT2D eigenvalue weighted by atomic mass is 32.2. The van der Waals surface area contributed by atoms with Gasteiger partial charge in [0.15, 0.2) is 17.3 Å². The van der Waals surface area contributed by atoms with Gasteiger partial charge < -0.3 is 14.8 Å². The Hall–Kier alpha value is -2.15. The van der Waals surface area contributed by atoms with Crippen molar-refractivity contribution in [2.75, 3.05) is 18.2 Å². The van der Waals surface area contributed by atoms with Crippen molar-refractivity contribution < 1.29 is 14.3 Å². The van der Waals surface area contributed by atoms with E-state index >= 15 is 0 Å². The number of nitrogens with one attached hydrogen (secondary N) is 2. The van der Waals surface area contributed by atoms with Crippen molar-refractivity contribution in [3.63, 3.8) is 0 Å². The summed E-state index contributed by atoms with van der Waals surface area (Å²) in [6.07, 6.45) is 0.0709. The third-order valence-corrected chi connectivity index (χ3v) is 5.02. The number of aromatic amines is 1. The first-order valence-corrected chi connectivity index (χ1v) is 8.85. The van der Waals surface area contributed by atoms with Gasteiger partial charge in [0.1, 0.15) is 0 Å². The Morgan fingerprint density at radius 2 is 2.12 bits per heavy atom. The Morgan fingerprint density at radius 1 is 1.33 bits per heavy atom. The van der Waals surface area contributed by atoms with Crippen LogP contribution in [0.25, 0.3) is 0 Å². The molecule has 1 aromatic heterocycles. The van der Waals surface area contributed by atoms with Gasteiger partial charge in [0, 0.05) is 11.3 Å². The Labute approximate surface area is 145 Å². The lowest BCUT2D eigenvalue weighted by Crippen LogP contribution is -2.12. The Kier molecular flexibility index (Phi) is 4.71. The smallest absolute Gasteiger partial charge is 0.235 e. The van der Waals surface area contributed by atoms with Crippen LogP contribution in [0, 0.1) is 6.92 Å². The number of carbonyl (C=O) groups is 1. The minimum atomic E-state index is -0.0398. The van der Waals surface area contributed by atoms with Crippen molar-refractivity contribution in [1.82, 2.24) is 10.2 Å². The molecule has 1 atom stereocenters. The maximum Gasteiger partial charge on any atom is 0.235 e. The number of H-pyrrole nitrogens is 1. The number of rotatable bonds is 4. The molecule has 3 rings (SSSR count). The lowest BCUT2D eigenvalue weighted by Gasteiger charge is -2.19. The molecule has 1 aromatic carbocycles. The molecule has 0 radical (unpaired) electrons. The highest BCUT2D eigenvalue weighted by Crippen LogP contribution is 2.44. The van der Waals surface area contributed by atoms with Gasteiger partial charge in [-0.3, -0.25) is 9.89 Å². The van der Waals surface area contributed by atoms with Crippen LogP contribution in [0.4, 0.5) is 5.82 Å². The number of fused-ring (bicyclic) bond motifs is 1. The fourth-order valence-electron chi connectivity index (χ4n) is 2.73. The van der Waals surface area contributed by atoms with Crippen LogP contribution in [0.1, 0.15) is 35.9 Å². The van der Waals surface area contributed by atoms with Crippen LogP contribution in [0.2, 0.25) is 0 Å². The molecule has 1 amide bonds. The summed E-state index contributed by atoms with van der Waals surface area (Å²) in [5.41, 5.74) is 3.01. The molecular weight excluding hydrogens is 326 g/mol. The van der Waals surface area contributed by atoms with Crippen molar-refractivity contribution in [3.05, 3.63) is 35.0 Å². The summed E-state index contributed by atoms with van der Waals surface area (Å²) in [5, 5.41) is 10.0. The number of thioether (sulfide) groups is 1. The topological polar surface area (TPSA) is 76.2 Å². The molecule has 0 aliphatic carbocycles. The lowest BCUT2D eigenvalue weighted by atomic mass is 10.0. The van der Waals surface area contributed by atoms with Crippen LogP contribution in [-0.2, 0) is 4.79 Å². The van der Waals surface area contributed by atoms with Crippen LogP contribution in [0.5, 0.6) is 11.5 Å². The molecule has 24 heavy (non-hydrogen) atoms. The molecule has 1 aliphatic rings. The molecule has 1 aliphatic heterocycles. The quantitative estimate of drug-likeness (QED) is 0.887. The summed E-state index contributed by atoms with van der Waals surface area (Å²) < 4.78 is 11.3. The van der Waals surface area contributed by atoms with E-state index in [0.29, 0.717) is 23.1 Å². The highest BCUT2D eigenvalue weighted by Gasteiger charge is 2.28. The molecule has 6 nitrogen and oxygen atoms in total. The largest absolute Gasteiger partial charge is 0.493 e. The van der Waals surface area contributed by atoms with Crippen molar-refractivity contribution in [1.29, 1.82) is 0 Å². The zero-order chi connectivity index (χ0) is 17.3. The number of benzene rings is 1. The second kappa shape index (κ2) is 6.76. The first-order chi connectivity index (χ1) is 11.5. The lowest BCUT2D eigenvalue weighted by molar-refractivity contribution is -0.113. The van der Waals surface area contributed by atoms with E-state index in [1.807, 2.05) is 39.0 Å². The molecule has 7 heteroatoms. The minimum absolute atomic E-state index is 0.000278. The van der Waals surface area contributed by atoms with Crippen molar-refractivity contribution in [3.8, 4) is 11.5 Å². The molecular formula is C17H21N3O3S. The van der Waals surface area contributed by atoms with E-state index in [1.54, 1.807) is 18.9 Å². The SMILES string of the molecule is COc1cc(C2SCC(=O)Nc3n[nH]c(C)c32)ccc1OC(C)C. The average Bonchev–Trinajstić information content (AvgIpc) is 2.79. The van der Waals surface area contributed by atoms with Crippen molar-refractivity contribution in [2.24, 2.45) is 0 Å². The number of nitrogens with zero attached hydrogens (tertiary/aromatic N) is 1. The monoisotopic (exact) mass is 347 g/mol. The fraction of sp³-hybridized carbons (Fsp3) is 0.412. The van der Waals surface area contributed by atoms with Gasteiger partial charge >= 0.3 is 0 Å². The average molecular weight is 347 g/mol. The van der Waals surface area contributed by atoms with E-state index in [9.17, 15) is 4.79 Å². The first-order valence-electron chi connectivity index (χ1n) is 7.80. The molecule has 0 bridgehead atoms. The number of carbonyl (C=O) groups excluding carboxylic acids is 1. The van der Waals surface area contributed by atoms with Crippen molar-refractivity contribution in [2.45, 2.75) is 32.1 Å². The summed E-state index contributed by atoms with van der Waals surface area (Å²) in [6, 6.07) is 5.91. The predicted molar refractivity (Wildman–Crippen MR) is 95.0 cm³/mol. The van der Waals surface area contributed by atoms with E-state index in [2.05, 4.69) is 15.5 Å². The number of hydrogen-bond acceptors (Lipinski definition) is 5. The second-order valence-corrected chi connectivity index (χ2v) is 7.02. The number of ether oxygens (including phenoxy) is 2. The summed E-state index contributed by atoms with van der Waals surface area (Å²) in [7, 11) is 1.63. The highest BCUT2D eigenvalue weighted by molar-refractivity contribution is 8.00. The molecule has 2 heterocycles. The van der Waals surface area contributed by atoms with E-state index in [-0.39, 0.29) is 17.3 Å². The molecule has 0 fully saturated rings. The van der Waals surface area contributed by atoms with Crippen LogP contribution >= 0.6 is 11.8 Å². The minimum Gasteiger partial charge on any atom is -0.493 e. The third kappa shape index (κ3) is 3.21. The zero-order valence-corrected chi connectivity index (χ0v) is 15.0. The zero-order valence-electron chi connectivity index (χ0n) is 14.2. The third-order valence-electron chi connectivity index (χ3n) is 3.75. The van der Waals surface area contributed by atoms with E-state index < -0.39 is 0 Å². The molecule has 2 N–H and O–H groups in total. The van der Waals surface area contributed by atoms with E-state index in [4.69, 9.17) is 9.47 Å². The Bertz CT molecular complexity index is 758. The van der Waals surface area contributed by atoms with Crippen LogP contribution in [-0.4, -0.2) is 35.1 Å². The molecule has 2 aromatic rings. The summed E-state index contributed by atoms with van der Waals surface area (Å²) in [6.45, 7) is 5.92. The first kappa shape index (κ1) is 16.7. The normalized spacial score (nSPS) is 17.2. The number of hydrogen-bond donors (Lipinski definition) is 2. The molecule has 128 valence electrons. The Balaban J connectivity index is 2.02. The van der Waals surface area contributed by atoms with E-state index in [1.165, 1.54) is 0 Å². The van der Waals surface area contributed by atoms with Crippen LogP contribution in [0.15, 0.2) is 18.2 Å². The van der Waals surface area contributed by atoms with Gasteiger partial charge in [-0.15, -0.1) is 11.8 Å². The number of aryl methyl sites for hydroxylation is 1. The summed E-state index contributed by atoms with van der Waals surface area (Å²) in [4.78, 5) is 11.9. The molecule has 0 spiro atoms. The number of amides is 1. The van der Waals surface area contributed by atoms with Gasteiger partial charge in [0.05, 0.1) is 24.2 Å². The van der Waals surface area contributed by atoms with Gasteiger partial charge in [0.2, 0.25) is 5.91 Å². The van der Waals surface area contributed by atoms with Gasteiger partial charge in [-0.05, 0) is 38.5 Å². The maximum absolute atomic E-state index is 11.9. The predicted octanol–water partition coefficient (Wildman–Crippen LogP) is 3.29. The number of anilines is 1. The van der Waals surface area contributed by atoms with Gasteiger partial charge in [0.25, 0.3) is 0 Å². The molecule has 1 unspecified atom stereocenters. The Morgan fingerprint density at radius 3 is 2.83 bits per heavy atom. The fourth-order valence-corrected chi connectivity index (χ4v) is 3.91. The van der Waals surface area contributed by atoms with Gasteiger partial charge in [-0.1, -0.05) is 6.07 Å². The molecule has 0 saturated heterocycles. The van der Waals surface area contributed by atoms with Crippen LogP contribution in [0.3, 0.4) is 0 Å². The van der Waals surface area contributed by atoms with Gasteiger partial charge in [-0.25, -0.2) is 0 Å². The maximum atomic E-state index is 11.9. The standard InChI is InChI=1S/C17H21N3O3S/c1-9(2)23-12-6-5-11(7-13(12)22-4)16-15-10(3)19-20-17(15)18-14(21)8-24-16/h5-7,9,16H,8H2,1-4H3,(H2,18,19,20,21). The van der Waals surface area contributed by atoms with Crippen molar-refractivity contribution >= 4 is 23.5 Å². The second-order valence-electron chi connectivity index (χ2n) is 5.93. The summed E-state index contributed by atoms with van der Waals surface area (Å²) >= 11 is 1.58. The summed E-state index contributed by atoms with van der Waals surface area (Å²) in [5.74, 6) is 2.35. The van der Waals surface area contributed by atoms with E-state index in [0.717, 1.165) is 16.8 Å². The number of aromatic nitrogens is 2. The molecule has 0 saturated carbocycles. The van der Waals surface area contributed by atoms with Gasteiger partial charge in [-0.2, -0.15) is 5.10 Å².